The first-order valence-electron chi connectivity index (χ1n) is 6.06. The lowest BCUT2D eigenvalue weighted by Gasteiger charge is -2.20. The first kappa shape index (κ1) is 14.0. The lowest BCUT2D eigenvalue weighted by molar-refractivity contribution is 0.204. The van der Waals surface area contributed by atoms with Crippen LogP contribution in [0.15, 0.2) is 18.2 Å². The maximum absolute atomic E-state index is 13.3. The molecule has 0 unspecified atom stereocenters. The Balaban J connectivity index is 2.56. The predicted molar refractivity (Wildman–Crippen MR) is 71.9 cm³/mol. The standard InChI is InChI=1S/C14H23FN2/c1-10(17-9-14(3,4)15)8-12-6-5-7-13(16)11(12)2/h5-7,10,17H,8-9,16H2,1-4H3/t10-/m1/s1. The van der Waals surface area contributed by atoms with Gasteiger partial charge in [0.25, 0.3) is 0 Å². The van der Waals surface area contributed by atoms with Gasteiger partial charge < -0.3 is 11.1 Å². The van der Waals surface area contributed by atoms with E-state index in [0.29, 0.717) is 6.54 Å². The minimum atomic E-state index is -1.17. The number of nitrogens with one attached hydrogen (secondary N) is 1. The molecule has 0 radical (unpaired) electrons. The van der Waals surface area contributed by atoms with Crippen LogP contribution in [0.3, 0.4) is 0 Å². The summed E-state index contributed by atoms with van der Waals surface area (Å²) in [6.07, 6.45) is 0.868. The van der Waals surface area contributed by atoms with Crippen LogP contribution in [-0.2, 0) is 6.42 Å². The van der Waals surface area contributed by atoms with E-state index in [9.17, 15) is 4.39 Å². The van der Waals surface area contributed by atoms with Gasteiger partial charge in [-0.15, -0.1) is 0 Å². The average Bonchev–Trinajstić information content (AvgIpc) is 2.21. The summed E-state index contributed by atoms with van der Waals surface area (Å²) in [4.78, 5) is 0. The second-order valence-electron chi connectivity index (χ2n) is 5.34. The van der Waals surface area contributed by atoms with Crippen molar-refractivity contribution >= 4 is 5.69 Å². The summed E-state index contributed by atoms with van der Waals surface area (Å²) in [5.41, 5.74) is 7.86. The molecule has 0 fully saturated rings. The molecule has 3 heteroatoms. The van der Waals surface area contributed by atoms with Crippen LogP contribution in [-0.4, -0.2) is 18.3 Å². The Morgan fingerprint density at radius 3 is 2.65 bits per heavy atom. The monoisotopic (exact) mass is 238 g/mol. The van der Waals surface area contributed by atoms with Crippen LogP contribution in [0.25, 0.3) is 0 Å². The van der Waals surface area contributed by atoms with Crippen molar-refractivity contribution < 1.29 is 4.39 Å². The van der Waals surface area contributed by atoms with Gasteiger partial charge >= 0.3 is 0 Å². The number of nitrogens with two attached hydrogens (primary N) is 1. The van der Waals surface area contributed by atoms with E-state index in [-0.39, 0.29) is 6.04 Å². The zero-order valence-electron chi connectivity index (χ0n) is 11.2. The number of benzene rings is 1. The van der Waals surface area contributed by atoms with Crippen LogP contribution in [0.4, 0.5) is 10.1 Å². The summed E-state index contributed by atoms with van der Waals surface area (Å²) in [5.74, 6) is 0. The van der Waals surface area contributed by atoms with Gasteiger partial charge in [0.05, 0.1) is 0 Å². The van der Waals surface area contributed by atoms with Crippen LogP contribution >= 0.6 is 0 Å². The number of nitrogen functional groups attached to an aromatic ring is 1. The molecule has 3 N–H and O–H groups in total. The molecule has 1 aromatic carbocycles. The smallest absolute Gasteiger partial charge is 0.117 e. The Kier molecular flexibility index (Phi) is 4.52. The summed E-state index contributed by atoms with van der Waals surface area (Å²) in [6, 6.07) is 6.18. The van der Waals surface area contributed by atoms with Crippen molar-refractivity contribution in [2.45, 2.75) is 45.8 Å². The zero-order valence-corrected chi connectivity index (χ0v) is 11.2. The van der Waals surface area contributed by atoms with E-state index in [0.717, 1.165) is 17.7 Å². The van der Waals surface area contributed by atoms with E-state index < -0.39 is 5.67 Å². The Morgan fingerprint density at radius 2 is 2.06 bits per heavy atom. The average molecular weight is 238 g/mol. The first-order chi connectivity index (χ1) is 7.79. The molecule has 1 rings (SSSR count). The molecule has 0 aliphatic carbocycles. The number of alkyl halides is 1. The molecule has 1 aromatic rings. The van der Waals surface area contributed by atoms with Gasteiger partial charge in [0.1, 0.15) is 5.67 Å². The highest BCUT2D eigenvalue weighted by Gasteiger charge is 2.16. The van der Waals surface area contributed by atoms with Crippen molar-refractivity contribution in [1.29, 1.82) is 0 Å². The number of hydrogen-bond donors (Lipinski definition) is 2. The molecule has 0 aromatic heterocycles. The molecular weight excluding hydrogens is 215 g/mol. The van der Waals surface area contributed by atoms with Crippen molar-refractivity contribution in [1.82, 2.24) is 5.32 Å². The van der Waals surface area contributed by atoms with Crippen molar-refractivity contribution in [3.63, 3.8) is 0 Å². The van der Waals surface area contributed by atoms with Crippen LogP contribution < -0.4 is 11.1 Å². The molecule has 0 aliphatic heterocycles. The molecule has 1 atom stereocenters. The van der Waals surface area contributed by atoms with Gasteiger partial charge in [0.2, 0.25) is 0 Å². The molecular formula is C14H23FN2. The largest absolute Gasteiger partial charge is 0.399 e. The number of hydrogen-bond acceptors (Lipinski definition) is 2. The van der Waals surface area contributed by atoms with E-state index in [2.05, 4.69) is 18.3 Å². The SMILES string of the molecule is Cc1c(N)cccc1C[C@@H](C)NCC(C)(C)F. The minimum absolute atomic E-state index is 0.241. The van der Waals surface area contributed by atoms with Gasteiger partial charge in [0, 0.05) is 18.3 Å². The highest BCUT2D eigenvalue weighted by atomic mass is 19.1. The maximum atomic E-state index is 13.3. The van der Waals surface area contributed by atoms with Gasteiger partial charge in [0.15, 0.2) is 0 Å². The summed E-state index contributed by atoms with van der Waals surface area (Å²) in [7, 11) is 0. The Bertz CT molecular complexity index is 369. The number of halogens is 1. The van der Waals surface area contributed by atoms with E-state index in [1.54, 1.807) is 13.8 Å². The molecule has 0 aliphatic rings. The first-order valence-corrected chi connectivity index (χ1v) is 6.06. The summed E-state index contributed by atoms with van der Waals surface area (Å²) >= 11 is 0. The van der Waals surface area contributed by atoms with Crippen LogP contribution in [0.1, 0.15) is 31.9 Å². The third-order valence-corrected chi connectivity index (χ3v) is 2.88. The highest BCUT2D eigenvalue weighted by molar-refractivity contribution is 5.50. The number of anilines is 1. The normalized spacial score (nSPS) is 13.7. The topological polar surface area (TPSA) is 38.0 Å². The van der Waals surface area contributed by atoms with E-state index >= 15 is 0 Å². The fourth-order valence-corrected chi connectivity index (χ4v) is 1.74. The fraction of sp³-hybridized carbons (Fsp3) is 0.571. The summed E-state index contributed by atoms with van der Waals surface area (Å²) < 4.78 is 13.3. The predicted octanol–water partition coefficient (Wildman–Crippen LogP) is 2.85. The van der Waals surface area contributed by atoms with Crippen molar-refractivity contribution in [2.75, 3.05) is 12.3 Å². The molecule has 0 heterocycles. The minimum Gasteiger partial charge on any atom is -0.399 e. The molecule has 0 spiro atoms. The van der Waals surface area contributed by atoms with E-state index in [1.165, 1.54) is 5.56 Å². The van der Waals surface area contributed by atoms with Gasteiger partial charge in [-0.1, -0.05) is 12.1 Å². The Hall–Kier alpha value is -1.09. The lowest BCUT2D eigenvalue weighted by atomic mass is 10.00. The quantitative estimate of drug-likeness (QED) is 0.774. The number of rotatable bonds is 5. The summed E-state index contributed by atoms with van der Waals surface area (Å²) in [6.45, 7) is 7.62. The molecule has 17 heavy (non-hydrogen) atoms. The van der Waals surface area contributed by atoms with Gasteiger partial charge in [-0.3, -0.25) is 0 Å². The van der Waals surface area contributed by atoms with Crippen LogP contribution in [0.2, 0.25) is 0 Å². The zero-order chi connectivity index (χ0) is 13.1. The second kappa shape index (κ2) is 5.50. The maximum Gasteiger partial charge on any atom is 0.117 e. The Labute approximate surface area is 103 Å². The lowest BCUT2D eigenvalue weighted by Crippen LogP contribution is -2.37. The van der Waals surface area contributed by atoms with Gasteiger partial charge in [-0.2, -0.15) is 0 Å². The van der Waals surface area contributed by atoms with Crippen molar-refractivity contribution in [3.8, 4) is 0 Å². The second-order valence-corrected chi connectivity index (χ2v) is 5.34. The van der Waals surface area contributed by atoms with Gasteiger partial charge in [-0.05, 0) is 51.3 Å². The third-order valence-electron chi connectivity index (χ3n) is 2.88. The van der Waals surface area contributed by atoms with Crippen molar-refractivity contribution in [3.05, 3.63) is 29.3 Å². The van der Waals surface area contributed by atoms with Gasteiger partial charge in [-0.25, -0.2) is 4.39 Å². The molecule has 0 saturated heterocycles. The third kappa shape index (κ3) is 4.73. The van der Waals surface area contributed by atoms with Crippen LogP contribution in [0, 0.1) is 6.92 Å². The van der Waals surface area contributed by atoms with E-state index in [1.807, 2.05) is 19.1 Å². The highest BCUT2D eigenvalue weighted by Crippen LogP contribution is 2.17. The summed E-state index contributed by atoms with van der Waals surface area (Å²) in [5, 5.41) is 3.20. The molecule has 0 amide bonds. The fourth-order valence-electron chi connectivity index (χ4n) is 1.74. The molecule has 0 saturated carbocycles. The van der Waals surface area contributed by atoms with Crippen molar-refractivity contribution in [2.24, 2.45) is 0 Å². The molecule has 96 valence electrons. The van der Waals surface area contributed by atoms with E-state index in [4.69, 9.17) is 5.73 Å². The van der Waals surface area contributed by atoms with Crippen LogP contribution in [0.5, 0.6) is 0 Å². The molecule has 0 bridgehead atoms. The Morgan fingerprint density at radius 1 is 1.41 bits per heavy atom. The molecule has 2 nitrogen and oxygen atoms in total.